The molecule has 71 heavy (non-hydrogen) atoms. The molecule has 5 nitrogen and oxygen atoms in total. The lowest BCUT2D eigenvalue weighted by molar-refractivity contribution is 0.669. The van der Waals surface area contributed by atoms with Crippen LogP contribution in [0.3, 0.4) is 0 Å². The highest BCUT2D eigenvalue weighted by Gasteiger charge is 2.22. The molecule has 0 atom stereocenters. The Bertz CT molecular complexity index is 4830. The van der Waals surface area contributed by atoms with Crippen LogP contribution in [-0.4, -0.2) is 18.3 Å². The van der Waals surface area contributed by atoms with E-state index in [9.17, 15) is 0 Å². The van der Waals surface area contributed by atoms with Gasteiger partial charge in [-0.05, 0) is 120 Å². The number of fused-ring (bicyclic) bond motifs is 15. The fourth-order valence-corrected chi connectivity index (χ4v) is 12.2. The summed E-state index contributed by atoms with van der Waals surface area (Å²) < 4.78 is 16.4. The van der Waals surface area contributed by atoms with Crippen LogP contribution >= 0.6 is 0 Å². The molecule has 5 heterocycles. The molecule has 0 spiro atoms. The van der Waals surface area contributed by atoms with Gasteiger partial charge in [-0.25, -0.2) is 0 Å². The largest absolute Gasteiger partial charge is 0.456 e. The highest BCUT2D eigenvalue weighted by atomic mass is 16.3. The van der Waals surface area contributed by atoms with Crippen LogP contribution in [0.25, 0.3) is 143 Å². The first kappa shape index (κ1) is 38.4. The van der Waals surface area contributed by atoms with Crippen molar-refractivity contribution in [1.29, 1.82) is 0 Å². The Hall–Kier alpha value is -9.58. The number of benzene rings is 11. The lowest BCUT2D eigenvalue weighted by atomic mass is 9.97. The molecule has 0 radical (unpaired) electrons. The van der Waals surface area contributed by atoms with E-state index in [1.165, 1.54) is 70.7 Å². The third-order valence-corrected chi connectivity index (χ3v) is 15.1. The summed E-state index contributed by atoms with van der Waals surface area (Å²) in [7, 11) is 0. The van der Waals surface area contributed by atoms with Crippen LogP contribution < -0.4 is 0 Å². The second-order valence-electron chi connectivity index (χ2n) is 18.8. The van der Waals surface area contributed by atoms with Crippen LogP contribution in [0.4, 0.5) is 0 Å². The van der Waals surface area contributed by atoms with Gasteiger partial charge in [0.25, 0.3) is 0 Å². The molecule has 0 saturated heterocycles. The first-order chi connectivity index (χ1) is 35.2. The Morgan fingerprint density at radius 1 is 0.239 bits per heavy atom. The molecular formula is C66H40N4O. The molecule has 11 aromatic carbocycles. The maximum Gasteiger partial charge on any atom is 0.136 e. The summed E-state index contributed by atoms with van der Waals surface area (Å²) in [4.78, 5) is 0. The molecule has 0 amide bonds. The van der Waals surface area contributed by atoms with Gasteiger partial charge in [0.2, 0.25) is 0 Å². The van der Waals surface area contributed by atoms with E-state index >= 15 is 0 Å². The third-order valence-electron chi connectivity index (χ3n) is 15.1. The van der Waals surface area contributed by atoms with Crippen molar-refractivity contribution < 1.29 is 4.42 Å². The molecule has 0 aliphatic heterocycles. The molecule has 5 aromatic heterocycles. The van der Waals surface area contributed by atoms with Crippen molar-refractivity contribution in [2.24, 2.45) is 0 Å². The van der Waals surface area contributed by atoms with Gasteiger partial charge in [0, 0.05) is 70.9 Å². The first-order valence-corrected chi connectivity index (χ1v) is 24.3. The monoisotopic (exact) mass is 904 g/mol. The Morgan fingerprint density at radius 3 is 1.38 bits per heavy atom. The van der Waals surface area contributed by atoms with E-state index in [2.05, 4.69) is 261 Å². The van der Waals surface area contributed by atoms with Gasteiger partial charge in [0.15, 0.2) is 0 Å². The van der Waals surface area contributed by atoms with Crippen molar-refractivity contribution in [2.45, 2.75) is 0 Å². The van der Waals surface area contributed by atoms with Crippen molar-refractivity contribution in [1.82, 2.24) is 18.3 Å². The SMILES string of the molecule is c1ccc(-n2c3ccccc3c3c(-n4c5ccccc5c5cc(-c6cccc7oc8ccc(-n9c%10ccccc%10c%10cc(-n%11c%12ccccc%12c%12ccccc%12%11)ccc%109)cc8c67)ccc54)cccc32)cc1. The van der Waals surface area contributed by atoms with Gasteiger partial charge in [-0.3, -0.25) is 0 Å². The second-order valence-corrected chi connectivity index (χ2v) is 18.8. The van der Waals surface area contributed by atoms with Crippen molar-refractivity contribution in [3.05, 3.63) is 243 Å². The minimum atomic E-state index is 0.867. The number of rotatable bonds is 5. The van der Waals surface area contributed by atoms with E-state index < -0.39 is 0 Å². The Labute approximate surface area is 406 Å². The molecule has 0 N–H and O–H groups in total. The van der Waals surface area contributed by atoms with Gasteiger partial charge in [-0.15, -0.1) is 0 Å². The van der Waals surface area contributed by atoms with Crippen LogP contribution in [0.5, 0.6) is 0 Å². The Morgan fingerprint density at radius 2 is 0.704 bits per heavy atom. The highest BCUT2D eigenvalue weighted by molar-refractivity contribution is 6.19. The molecule has 0 unspecified atom stereocenters. The molecule has 0 saturated carbocycles. The predicted molar refractivity (Wildman–Crippen MR) is 297 cm³/mol. The molecule has 0 fully saturated rings. The number of hydrogen-bond donors (Lipinski definition) is 0. The number of para-hydroxylation sites is 6. The van der Waals surface area contributed by atoms with Gasteiger partial charge >= 0.3 is 0 Å². The third kappa shape index (κ3) is 5.34. The van der Waals surface area contributed by atoms with Crippen molar-refractivity contribution in [3.8, 4) is 33.9 Å². The maximum absolute atomic E-state index is 6.70. The van der Waals surface area contributed by atoms with Crippen LogP contribution in [-0.2, 0) is 0 Å². The predicted octanol–water partition coefficient (Wildman–Crippen LogP) is 17.6. The van der Waals surface area contributed by atoms with Crippen molar-refractivity contribution >= 4 is 109 Å². The van der Waals surface area contributed by atoms with Gasteiger partial charge in [-0.1, -0.05) is 133 Å². The molecule has 5 heteroatoms. The summed E-state index contributed by atoms with van der Waals surface area (Å²) >= 11 is 0. The van der Waals surface area contributed by atoms with Crippen LogP contribution in [0.15, 0.2) is 247 Å². The minimum absolute atomic E-state index is 0.867. The van der Waals surface area contributed by atoms with E-state index in [4.69, 9.17) is 4.42 Å². The summed E-state index contributed by atoms with van der Waals surface area (Å²) in [5.41, 5.74) is 18.0. The summed E-state index contributed by atoms with van der Waals surface area (Å²) in [6.07, 6.45) is 0. The molecule has 0 aliphatic rings. The van der Waals surface area contributed by atoms with Gasteiger partial charge in [0.1, 0.15) is 11.2 Å². The second kappa shape index (κ2) is 14.5. The average Bonchev–Trinajstić information content (AvgIpc) is 4.23. The highest BCUT2D eigenvalue weighted by Crippen LogP contribution is 2.44. The summed E-state index contributed by atoms with van der Waals surface area (Å²) in [6.45, 7) is 0. The molecule has 330 valence electrons. The minimum Gasteiger partial charge on any atom is -0.456 e. The normalized spacial score (nSPS) is 12.2. The van der Waals surface area contributed by atoms with E-state index in [0.717, 1.165) is 72.4 Å². The number of nitrogens with zero attached hydrogens (tertiary/aromatic N) is 4. The molecule has 0 aliphatic carbocycles. The molecule has 16 aromatic rings. The fraction of sp³-hybridized carbons (Fsp3) is 0. The van der Waals surface area contributed by atoms with Gasteiger partial charge < -0.3 is 22.7 Å². The average molecular weight is 905 g/mol. The summed E-state index contributed by atoms with van der Waals surface area (Å²) in [6, 6.07) is 88.4. The van der Waals surface area contributed by atoms with E-state index in [1.807, 2.05) is 0 Å². The van der Waals surface area contributed by atoms with E-state index in [0.29, 0.717) is 0 Å². The first-order valence-electron chi connectivity index (χ1n) is 24.3. The van der Waals surface area contributed by atoms with E-state index in [-0.39, 0.29) is 0 Å². The number of furan rings is 1. The Kier molecular flexibility index (Phi) is 7.82. The number of aromatic nitrogens is 4. The topological polar surface area (TPSA) is 32.9 Å². The van der Waals surface area contributed by atoms with Crippen LogP contribution in [0.2, 0.25) is 0 Å². The lowest BCUT2D eigenvalue weighted by Crippen LogP contribution is -1.96. The fourth-order valence-electron chi connectivity index (χ4n) is 12.2. The summed E-state index contributed by atoms with van der Waals surface area (Å²) in [5, 5.41) is 12.0. The standard InChI is InChI=1S/C66H40N4O/c1-2-16-42(17-3-1)67-58-28-13-8-22-50(58)66-61(67)29-15-30-62(66)70-57-27-12-7-20-48(57)51-38-41(32-35-60(51)70)45-23-14-31-64-65(45)53-40-44(34-37-63(53)71-64)69-56-26-11-6-21-49(56)52-39-43(33-36-59(52)69)68-54-24-9-4-18-46(54)47-19-5-10-25-55(47)68/h1-40H. The van der Waals surface area contributed by atoms with Gasteiger partial charge in [-0.2, -0.15) is 0 Å². The van der Waals surface area contributed by atoms with Crippen molar-refractivity contribution in [2.75, 3.05) is 0 Å². The summed E-state index contributed by atoms with van der Waals surface area (Å²) in [5.74, 6) is 0. The van der Waals surface area contributed by atoms with Crippen molar-refractivity contribution in [3.63, 3.8) is 0 Å². The molecule has 0 bridgehead atoms. The number of hydrogen-bond acceptors (Lipinski definition) is 1. The molecule has 16 rings (SSSR count). The zero-order chi connectivity index (χ0) is 46.3. The quantitative estimate of drug-likeness (QED) is 0.169. The zero-order valence-electron chi connectivity index (χ0n) is 38.3. The molecular weight excluding hydrogens is 865 g/mol. The van der Waals surface area contributed by atoms with Gasteiger partial charge in [0.05, 0.1) is 49.8 Å². The Balaban J connectivity index is 0.875. The smallest absolute Gasteiger partial charge is 0.136 e. The van der Waals surface area contributed by atoms with E-state index in [1.54, 1.807) is 0 Å². The van der Waals surface area contributed by atoms with Crippen LogP contribution in [0, 0.1) is 0 Å². The van der Waals surface area contributed by atoms with Crippen LogP contribution in [0.1, 0.15) is 0 Å². The lowest BCUT2D eigenvalue weighted by Gasteiger charge is -2.12. The maximum atomic E-state index is 6.70. The zero-order valence-corrected chi connectivity index (χ0v) is 38.3.